The van der Waals surface area contributed by atoms with Gasteiger partial charge in [-0.2, -0.15) is 0 Å². The summed E-state index contributed by atoms with van der Waals surface area (Å²) in [5.74, 6) is 0.751. The van der Waals surface area contributed by atoms with E-state index >= 15 is 0 Å². The first-order valence-corrected chi connectivity index (χ1v) is 8.23. The minimum absolute atomic E-state index is 0.0115. The molecular weight excluding hydrogens is 316 g/mol. The summed E-state index contributed by atoms with van der Waals surface area (Å²) in [6.45, 7) is 2.05. The smallest absolute Gasteiger partial charge is 0.204 e. The summed E-state index contributed by atoms with van der Waals surface area (Å²) in [6, 6.07) is 13.3. The standard InChI is InChI=1S/C18H15ClO2S/c1-3-11-6-4-5-7-13(11)17(20)18-16(19)14-9-8-12(21-2)10-15(14)22-18/h4-10H,3H2,1-2H3. The third-order valence-corrected chi connectivity index (χ3v) is 5.34. The molecule has 0 N–H and O–H groups in total. The highest BCUT2D eigenvalue weighted by Gasteiger charge is 2.20. The lowest BCUT2D eigenvalue weighted by Gasteiger charge is -2.05. The zero-order valence-corrected chi connectivity index (χ0v) is 13.9. The van der Waals surface area contributed by atoms with Crippen molar-refractivity contribution in [2.75, 3.05) is 7.11 Å². The van der Waals surface area contributed by atoms with Crippen LogP contribution in [0, 0.1) is 0 Å². The van der Waals surface area contributed by atoms with Gasteiger partial charge >= 0.3 is 0 Å². The predicted octanol–water partition coefficient (Wildman–Crippen LogP) is 5.36. The molecule has 22 heavy (non-hydrogen) atoms. The molecule has 1 aromatic heterocycles. The fraction of sp³-hybridized carbons (Fsp3) is 0.167. The van der Waals surface area contributed by atoms with Crippen LogP contribution in [0.4, 0.5) is 0 Å². The quantitative estimate of drug-likeness (QED) is 0.602. The SMILES string of the molecule is CCc1ccccc1C(=O)c1sc2cc(OC)ccc2c1Cl. The first-order valence-electron chi connectivity index (χ1n) is 7.04. The fourth-order valence-corrected chi connectivity index (χ4v) is 3.99. The van der Waals surface area contributed by atoms with E-state index in [1.807, 2.05) is 49.4 Å². The summed E-state index contributed by atoms with van der Waals surface area (Å²) in [7, 11) is 1.62. The number of fused-ring (bicyclic) bond motifs is 1. The Morgan fingerprint density at radius 3 is 2.73 bits per heavy atom. The Balaban J connectivity index is 2.13. The maximum absolute atomic E-state index is 12.9. The van der Waals surface area contributed by atoms with Gasteiger partial charge < -0.3 is 4.74 Å². The highest BCUT2D eigenvalue weighted by molar-refractivity contribution is 7.21. The van der Waals surface area contributed by atoms with Gasteiger partial charge in [-0.25, -0.2) is 0 Å². The second-order valence-electron chi connectivity index (χ2n) is 4.95. The molecule has 0 spiro atoms. The third kappa shape index (κ3) is 2.51. The Bertz CT molecular complexity index is 851. The summed E-state index contributed by atoms with van der Waals surface area (Å²) in [5.41, 5.74) is 1.77. The van der Waals surface area contributed by atoms with E-state index in [1.165, 1.54) is 11.3 Å². The molecule has 0 unspecified atom stereocenters. The van der Waals surface area contributed by atoms with E-state index in [0.717, 1.165) is 33.4 Å². The molecule has 0 amide bonds. The second-order valence-corrected chi connectivity index (χ2v) is 6.38. The van der Waals surface area contributed by atoms with Gasteiger partial charge in [0.1, 0.15) is 5.75 Å². The highest BCUT2D eigenvalue weighted by Crippen LogP contribution is 2.38. The molecule has 0 radical (unpaired) electrons. The Kier molecular flexibility index (Phi) is 4.19. The zero-order chi connectivity index (χ0) is 15.7. The van der Waals surface area contributed by atoms with Crippen LogP contribution in [0.2, 0.25) is 5.02 Å². The largest absolute Gasteiger partial charge is 0.497 e. The molecule has 0 saturated heterocycles. The van der Waals surface area contributed by atoms with Crippen LogP contribution in [0.15, 0.2) is 42.5 Å². The minimum Gasteiger partial charge on any atom is -0.497 e. The number of ketones is 1. The summed E-state index contributed by atoms with van der Waals surface area (Å²) < 4.78 is 6.19. The summed E-state index contributed by atoms with van der Waals surface area (Å²) in [5, 5.41) is 1.42. The first-order chi connectivity index (χ1) is 10.7. The van der Waals surface area contributed by atoms with Crippen molar-refractivity contribution < 1.29 is 9.53 Å². The number of halogens is 1. The number of benzene rings is 2. The molecule has 0 atom stereocenters. The van der Waals surface area contributed by atoms with E-state index in [4.69, 9.17) is 16.3 Å². The van der Waals surface area contributed by atoms with Crippen LogP contribution < -0.4 is 4.74 Å². The number of hydrogen-bond acceptors (Lipinski definition) is 3. The van der Waals surface area contributed by atoms with Gasteiger partial charge in [0, 0.05) is 15.6 Å². The van der Waals surface area contributed by atoms with E-state index in [-0.39, 0.29) is 5.78 Å². The Labute approximate surface area is 138 Å². The van der Waals surface area contributed by atoms with Crippen LogP contribution in [0.5, 0.6) is 5.75 Å². The monoisotopic (exact) mass is 330 g/mol. The van der Waals surface area contributed by atoms with Crippen molar-refractivity contribution in [3.8, 4) is 5.75 Å². The molecule has 0 aliphatic carbocycles. The molecule has 3 aromatic rings. The van der Waals surface area contributed by atoms with Crippen LogP contribution in [0.25, 0.3) is 10.1 Å². The molecule has 1 heterocycles. The van der Waals surface area contributed by atoms with Gasteiger partial charge in [-0.3, -0.25) is 4.79 Å². The molecule has 0 saturated carbocycles. The Hall–Kier alpha value is -1.84. The number of carbonyl (C=O) groups excluding carboxylic acids is 1. The number of methoxy groups -OCH3 is 1. The minimum atomic E-state index is -0.0115. The number of carbonyl (C=O) groups is 1. The van der Waals surface area contributed by atoms with Crippen molar-refractivity contribution in [2.24, 2.45) is 0 Å². The maximum atomic E-state index is 12.9. The topological polar surface area (TPSA) is 26.3 Å². The normalized spacial score (nSPS) is 10.9. The highest BCUT2D eigenvalue weighted by atomic mass is 35.5. The van der Waals surface area contributed by atoms with Gasteiger partial charge in [-0.05, 0) is 30.2 Å². The third-order valence-electron chi connectivity index (χ3n) is 3.69. The van der Waals surface area contributed by atoms with Crippen LogP contribution >= 0.6 is 22.9 Å². The van der Waals surface area contributed by atoms with Crippen molar-refractivity contribution in [2.45, 2.75) is 13.3 Å². The summed E-state index contributed by atoms with van der Waals surface area (Å²) in [4.78, 5) is 13.5. The average Bonchev–Trinajstić information content (AvgIpc) is 2.90. The van der Waals surface area contributed by atoms with Crippen molar-refractivity contribution in [3.05, 3.63) is 63.5 Å². The second kappa shape index (κ2) is 6.11. The van der Waals surface area contributed by atoms with Crippen molar-refractivity contribution in [1.29, 1.82) is 0 Å². The van der Waals surface area contributed by atoms with Crippen molar-refractivity contribution >= 4 is 38.8 Å². The number of ether oxygens (including phenoxy) is 1. The first kappa shape index (κ1) is 15.1. The van der Waals surface area contributed by atoms with Gasteiger partial charge in [0.15, 0.2) is 0 Å². The summed E-state index contributed by atoms with van der Waals surface area (Å²) in [6.07, 6.45) is 0.818. The van der Waals surface area contributed by atoms with Crippen molar-refractivity contribution in [3.63, 3.8) is 0 Å². The van der Waals surface area contributed by atoms with Crippen LogP contribution in [-0.2, 0) is 6.42 Å². The number of rotatable bonds is 4. The van der Waals surface area contributed by atoms with Crippen LogP contribution in [-0.4, -0.2) is 12.9 Å². The van der Waals surface area contributed by atoms with E-state index in [2.05, 4.69) is 0 Å². The van der Waals surface area contributed by atoms with Gasteiger partial charge in [-0.15, -0.1) is 11.3 Å². The summed E-state index contributed by atoms with van der Waals surface area (Å²) >= 11 is 7.86. The molecule has 0 aliphatic heterocycles. The van der Waals surface area contributed by atoms with Crippen molar-refractivity contribution in [1.82, 2.24) is 0 Å². The van der Waals surface area contributed by atoms with E-state index in [0.29, 0.717) is 9.90 Å². The van der Waals surface area contributed by atoms with E-state index in [9.17, 15) is 4.79 Å². The number of aryl methyl sites for hydroxylation is 1. The molecular formula is C18H15ClO2S. The Morgan fingerprint density at radius 2 is 2.00 bits per heavy atom. The molecule has 112 valence electrons. The molecule has 2 aromatic carbocycles. The maximum Gasteiger partial charge on any atom is 0.204 e. The van der Waals surface area contributed by atoms with Gasteiger partial charge in [-0.1, -0.05) is 42.8 Å². The molecule has 0 fully saturated rings. The Morgan fingerprint density at radius 1 is 1.23 bits per heavy atom. The lowest BCUT2D eigenvalue weighted by Crippen LogP contribution is -2.03. The van der Waals surface area contributed by atoms with E-state index in [1.54, 1.807) is 7.11 Å². The molecule has 2 nitrogen and oxygen atoms in total. The average molecular weight is 331 g/mol. The lowest BCUT2D eigenvalue weighted by atomic mass is 10.0. The molecule has 0 bridgehead atoms. The predicted molar refractivity (Wildman–Crippen MR) is 92.6 cm³/mol. The van der Waals surface area contributed by atoms with Gasteiger partial charge in [0.05, 0.1) is 17.0 Å². The zero-order valence-electron chi connectivity index (χ0n) is 12.4. The van der Waals surface area contributed by atoms with Crippen LogP contribution in [0.3, 0.4) is 0 Å². The molecule has 0 aliphatic rings. The van der Waals surface area contributed by atoms with E-state index < -0.39 is 0 Å². The number of thiophene rings is 1. The van der Waals surface area contributed by atoms with Gasteiger partial charge in [0.25, 0.3) is 0 Å². The molecule has 4 heteroatoms. The molecule has 3 rings (SSSR count). The lowest BCUT2D eigenvalue weighted by molar-refractivity contribution is 0.104. The van der Waals surface area contributed by atoms with Crippen LogP contribution in [0.1, 0.15) is 27.7 Å². The fourth-order valence-electron chi connectivity index (χ4n) is 2.49. The number of hydrogen-bond donors (Lipinski definition) is 0. The van der Waals surface area contributed by atoms with Gasteiger partial charge in [0.2, 0.25) is 5.78 Å².